The number of carbonyl (C=O) groups is 1. The van der Waals surface area contributed by atoms with E-state index < -0.39 is 5.25 Å². The molecule has 6 rings (SSSR count). The van der Waals surface area contributed by atoms with Crippen molar-refractivity contribution in [1.29, 1.82) is 0 Å². The summed E-state index contributed by atoms with van der Waals surface area (Å²) < 4.78 is 1.60. The minimum atomic E-state index is -0.503. The van der Waals surface area contributed by atoms with Crippen LogP contribution in [0.25, 0.3) is 16.6 Å². The summed E-state index contributed by atoms with van der Waals surface area (Å²) in [7, 11) is 0. The number of amides is 1. The number of nitrogens with zero attached hydrogens (tertiary/aromatic N) is 3. The van der Waals surface area contributed by atoms with E-state index in [0.717, 1.165) is 21.2 Å². The lowest BCUT2D eigenvalue weighted by molar-refractivity contribution is -0.117. The summed E-state index contributed by atoms with van der Waals surface area (Å²) in [6.07, 6.45) is 0. The molecule has 0 bridgehead atoms. The molecule has 1 atom stereocenters. The third-order valence-electron chi connectivity index (χ3n) is 6.04. The molecule has 1 aliphatic heterocycles. The Morgan fingerprint density at radius 1 is 0.806 bits per heavy atom. The van der Waals surface area contributed by atoms with Crippen molar-refractivity contribution in [3.8, 4) is 5.69 Å². The van der Waals surface area contributed by atoms with Crippen LogP contribution in [0.1, 0.15) is 6.92 Å². The van der Waals surface area contributed by atoms with Crippen LogP contribution in [-0.4, -0.2) is 20.7 Å². The number of anilines is 2. The number of benzene rings is 4. The van der Waals surface area contributed by atoms with Crippen molar-refractivity contribution < 1.29 is 4.79 Å². The van der Waals surface area contributed by atoms with Gasteiger partial charge in [-0.2, -0.15) is 0 Å². The van der Waals surface area contributed by atoms with Crippen molar-refractivity contribution in [2.45, 2.75) is 27.1 Å². The zero-order valence-corrected chi connectivity index (χ0v) is 21.0. The van der Waals surface area contributed by atoms with Crippen LogP contribution < -0.4 is 10.5 Å². The largest absolute Gasteiger partial charge is 0.278 e. The maximum Gasteiger partial charge on any atom is 0.266 e. The average Bonchev–Trinajstić information content (AvgIpc) is 2.92. The van der Waals surface area contributed by atoms with Gasteiger partial charge >= 0.3 is 0 Å². The SMILES string of the molecule is CC(Sc1nc2ccccc2c(=O)n1-c1ccccc1)C(=O)N1c2ccccc2Sc2ccccc21. The molecule has 1 amide bonds. The van der Waals surface area contributed by atoms with Crippen molar-refractivity contribution in [2.75, 3.05) is 4.90 Å². The van der Waals surface area contributed by atoms with Crippen LogP contribution in [0.2, 0.25) is 0 Å². The van der Waals surface area contributed by atoms with E-state index in [2.05, 4.69) is 0 Å². The topological polar surface area (TPSA) is 55.2 Å². The molecule has 1 aromatic heterocycles. The fourth-order valence-corrected chi connectivity index (χ4v) is 6.35. The smallest absolute Gasteiger partial charge is 0.266 e. The lowest BCUT2D eigenvalue weighted by atomic mass is 10.2. The predicted molar refractivity (Wildman–Crippen MR) is 147 cm³/mol. The highest BCUT2D eigenvalue weighted by Gasteiger charge is 2.32. The second-order valence-electron chi connectivity index (χ2n) is 8.36. The quantitative estimate of drug-likeness (QED) is 0.200. The fraction of sp³-hybridized carbons (Fsp3) is 0.0690. The Bertz CT molecular complexity index is 1620. The van der Waals surface area contributed by atoms with Crippen LogP contribution >= 0.6 is 23.5 Å². The standard InChI is InChI=1S/C29H21N3O2S2/c1-19(27(33)32-23-15-7-9-17-25(23)36-26-18-10-8-16-24(26)32)35-29-30-22-14-6-5-13-21(22)28(34)31(29)20-11-3-2-4-12-20/h2-19H,1H3. The minimum Gasteiger partial charge on any atom is -0.278 e. The van der Waals surface area contributed by atoms with Gasteiger partial charge in [0.25, 0.3) is 5.56 Å². The van der Waals surface area contributed by atoms with Crippen LogP contribution in [0, 0.1) is 0 Å². The van der Waals surface area contributed by atoms with Crippen molar-refractivity contribution in [3.05, 3.63) is 113 Å². The van der Waals surface area contributed by atoms with E-state index in [1.54, 1.807) is 27.3 Å². The highest BCUT2D eigenvalue weighted by atomic mass is 32.2. The Kier molecular flexibility index (Phi) is 5.87. The third kappa shape index (κ3) is 3.90. The first-order valence-electron chi connectivity index (χ1n) is 11.6. The molecule has 5 aromatic rings. The summed E-state index contributed by atoms with van der Waals surface area (Å²) in [5.41, 5.74) is 2.91. The van der Waals surface area contributed by atoms with Crippen LogP contribution in [-0.2, 0) is 4.79 Å². The van der Waals surface area contributed by atoms with Gasteiger partial charge in [-0.25, -0.2) is 4.98 Å². The van der Waals surface area contributed by atoms with E-state index >= 15 is 0 Å². The lowest BCUT2D eigenvalue weighted by Crippen LogP contribution is -2.35. The molecule has 4 aromatic carbocycles. The Balaban J connectivity index is 1.44. The summed E-state index contributed by atoms with van der Waals surface area (Å²) in [4.78, 5) is 36.2. The summed E-state index contributed by atoms with van der Waals surface area (Å²) in [6.45, 7) is 1.87. The number of thioether (sulfide) groups is 1. The molecule has 0 saturated heterocycles. The molecule has 1 unspecified atom stereocenters. The first-order chi connectivity index (χ1) is 17.6. The molecule has 0 fully saturated rings. The Morgan fingerprint density at radius 2 is 1.39 bits per heavy atom. The van der Waals surface area contributed by atoms with Crippen molar-refractivity contribution >= 4 is 51.7 Å². The van der Waals surface area contributed by atoms with Gasteiger partial charge in [-0.1, -0.05) is 78.1 Å². The first kappa shape index (κ1) is 22.6. The molecule has 0 spiro atoms. The van der Waals surface area contributed by atoms with Crippen LogP contribution in [0.15, 0.2) is 123 Å². The van der Waals surface area contributed by atoms with E-state index in [-0.39, 0.29) is 11.5 Å². The summed E-state index contributed by atoms with van der Waals surface area (Å²) in [6, 6.07) is 32.6. The van der Waals surface area contributed by atoms with Gasteiger partial charge in [-0.05, 0) is 55.5 Å². The monoisotopic (exact) mass is 507 g/mol. The third-order valence-corrected chi connectivity index (χ3v) is 8.21. The van der Waals surface area contributed by atoms with Gasteiger partial charge in [-0.3, -0.25) is 19.1 Å². The minimum absolute atomic E-state index is 0.0674. The molecule has 5 nitrogen and oxygen atoms in total. The lowest BCUT2D eigenvalue weighted by Gasteiger charge is -2.32. The number of aromatic nitrogens is 2. The molecule has 2 heterocycles. The number of rotatable bonds is 4. The molecular formula is C29H21N3O2S2. The van der Waals surface area contributed by atoms with Gasteiger partial charge in [0.1, 0.15) is 0 Å². The molecule has 36 heavy (non-hydrogen) atoms. The van der Waals surface area contributed by atoms with Crippen LogP contribution in [0.4, 0.5) is 11.4 Å². The molecule has 0 N–H and O–H groups in total. The Morgan fingerprint density at radius 3 is 2.08 bits per heavy atom. The van der Waals surface area contributed by atoms with Crippen molar-refractivity contribution in [1.82, 2.24) is 9.55 Å². The van der Waals surface area contributed by atoms with Gasteiger partial charge < -0.3 is 0 Å². The number of carbonyl (C=O) groups excluding carboxylic acids is 1. The molecule has 7 heteroatoms. The number of fused-ring (bicyclic) bond motifs is 3. The summed E-state index contributed by atoms with van der Waals surface area (Å²) >= 11 is 2.96. The fourth-order valence-electron chi connectivity index (χ4n) is 4.33. The van der Waals surface area contributed by atoms with Gasteiger partial charge in [-0.15, -0.1) is 0 Å². The summed E-state index contributed by atoms with van der Waals surface area (Å²) in [5, 5.41) is 0.525. The van der Waals surface area contributed by atoms with E-state index in [4.69, 9.17) is 4.98 Å². The highest BCUT2D eigenvalue weighted by molar-refractivity contribution is 8.00. The number of hydrogen-bond donors (Lipinski definition) is 0. The van der Waals surface area contributed by atoms with Crippen molar-refractivity contribution in [2.24, 2.45) is 0 Å². The predicted octanol–water partition coefficient (Wildman–Crippen LogP) is 6.70. The average molecular weight is 508 g/mol. The van der Waals surface area contributed by atoms with E-state index in [0.29, 0.717) is 21.7 Å². The van der Waals surface area contributed by atoms with E-state index in [9.17, 15) is 9.59 Å². The molecule has 0 aliphatic carbocycles. The normalized spacial score (nSPS) is 13.2. The van der Waals surface area contributed by atoms with Gasteiger partial charge in [0.15, 0.2) is 5.16 Å². The zero-order valence-electron chi connectivity index (χ0n) is 19.4. The van der Waals surface area contributed by atoms with E-state index in [1.165, 1.54) is 11.8 Å². The first-order valence-corrected chi connectivity index (χ1v) is 13.3. The van der Waals surface area contributed by atoms with Crippen molar-refractivity contribution in [3.63, 3.8) is 0 Å². The molecule has 176 valence electrons. The second-order valence-corrected chi connectivity index (χ2v) is 10.8. The summed E-state index contributed by atoms with van der Waals surface area (Å²) in [5.74, 6) is -0.0674. The highest BCUT2D eigenvalue weighted by Crippen LogP contribution is 2.48. The second kappa shape index (κ2) is 9.33. The Labute approximate surface area is 216 Å². The van der Waals surface area contributed by atoms with Crippen LogP contribution in [0.5, 0.6) is 0 Å². The zero-order chi connectivity index (χ0) is 24.6. The number of para-hydroxylation sites is 4. The van der Waals surface area contributed by atoms with E-state index in [1.807, 2.05) is 104 Å². The number of hydrogen-bond acceptors (Lipinski definition) is 5. The molecule has 0 saturated carbocycles. The molecule has 1 aliphatic rings. The Hall–Kier alpha value is -3.81. The molecule has 0 radical (unpaired) electrons. The molecular weight excluding hydrogens is 486 g/mol. The maximum absolute atomic E-state index is 14.0. The van der Waals surface area contributed by atoms with Gasteiger partial charge in [0.2, 0.25) is 5.91 Å². The van der Waals surface area contributed by atoms with Gasteiger partial charge in [0, 0.05) is 9.79 Å². The maximum atomic E-state index is 14.0. The van der Waals surface area contributed by atoms with Crippen LogP contribution in [0.3, 0.4) is 0 Å². The van der Waals surface area contributed by atoms with Gasteiger partial charge in [0.05, 0.1) is 33.2 Å².